The molecule has 0 fully saturated rings. The fraction of sp³-hybridized carbons (Fsp3) is 0.0667. The van der Waals surface area contributed by atoms with Crippen LogP contribution in [-0.2, 0) is 0 Å². The third-order valence-electron chi connectivity index (χ3n) is 3.07. The fourth-order valence-corrected chi connectivity index (χ4v) is 2.89. The second-order valence-electron chi connectivity index (χ2n) is 4.43. The molecule has 0 radical (unpaired) electrons. The van der Waals surface area contributed by atoms with Crippen molar-refractivity contribution < 1.29 is 0 Å². The molecule has 0 atom stereocenters. The zero-order valence-electron chi connectivity index (χ0n) is 10.5. The number of aryl methyl sites for hydroxylation is 1. The van der Waals surface area contributed by atoms with Crippen molar-refractivity contribution in [3.05, 3.63) is 56.6 Å². The van der Waals surface area contributed by atoms with E-state index in [0.29, 0.717) is 16.0 Å². The number of hydrogen-bond donors (Lipinski definition) is 0. The predicted octanol–water partition coefficient (Wildman–Crippen LogP) is 5.67. The van der Waals surface area contributed by atoms with Crippen molar-refractivity contribution >= 4 is 50.0 Å². The molecule has 0 spiro atoms. The molecule has 2 aromatic carbocycles. The van der Waals surface area contributed by atoms with Gasteiger partial charge in [-0.05, 0) is 52.7 Å². The SMILES string of the molecule is Cc1ccc(Cl)cc1-c1nc(Cl)c2cccc(Br)c2n1. The minimum absolute atomic E-state index is 0.436. The van der Waals surface area contributed by atoms with E-state index in [-0.39, 0.29) is 0 Å². The summed E-state index contributed by atoms with van der Waals surface area (Å²) in [5.74, 6) is 0.578. The lowest BCUT2D eigenvalue weighted by Crippen LogP contribution is -1.94. The summed E-state index contributed by atoms with van der Waals surface area (Å²) >= 11 is 15.8. The highest BCUT2D eigenvalue weighted by atomic mass is 79.9. The van der Waals surface area contributed by atoms with Crippen molar-refractivity contribution in [3.63, 3.8) is 0 Å². The molecule has 3 aromatic rings. The first-order valence-corrected chi connectivity index (χ1v) is 7.49. The minimum atomic E-state index is 0.436. The molecule has 0 saturated carbocycles. The summed E-state index contributed by atoms with van der Waals surface area (Å²) in [5, 5.41) is 1.91. The topological polar surface area (TPSA) is 25.8 Å². The lowest BCUT2D eigenvalue weighted by molar-refractivity contribution is 1.21. The van der Waals surface area contributed by atoms with Crippen LogP contribution in [0.15, 0.2) is 40.9 Å². The standard InChI is InChI=1S/C15H9BrCl2N2/c1-8-5-6-9(17)7-11(8)15-19-13-10(14(18)20-15)3-2-4-12(13)16/h2-7H,1H3. The second-order valence-corrected chi connectivity index (χ2v) is 6.08. The Morgan fingerprint density at radius 3 is 2.65 bits per heavy atom. The zero-order valence-corrected chi connectivity index (χ0v) is 13.6. The Morgan fingerprint density at radius 1 is 1.05 bits per heavy atom. The van der Waals surface area contributed by atoms with Gasteiger partial charge >= 0.3 is 0 Å². The molecule has 1 heterocycles. The molecule has 0 unspecified atom stereocenters. The Labute approximate surface area is 134 Å². The van der Waals surface area contributed by atoms with E-state index in [4.69, 9.17) is 23.2 Å². The number of para-hydroxylation sites is 1. The smallest absolute Gasteiger partial charge is 0.161 e. The Hall–Kier alpha value is -1.16. The van der Waals surface area contributed by atoms with Gasteiger partial charge in [-0.1, -0.05) is 35.3 Å². The van der Waals surface area contributed by atoms with Crippen LogP contribution < -0.4 is 0 Å². The summed E-state index contributed by atoms with van der Waals surface area (Å²) in [6.45, 7) is 1.99. The average molecular weight is 368 g/mol. The number of nitrogens with zero attached hydrogens (tertiary/aromatic N) is 2. The van der Waals surface area contributed by atoms with Crippen LogP contribution in [0.2, 0.25) is 10.2 Å². The normalized spacial score (nSPS) is 11.0. The quantitative estimate of drug-likeness (QED) is 0.517. The molecule has 0 N–H and O–H groups in total. The Bertz CT molecular complexity index is 818. The van der Waals surface area contributed by atoms with Crippen LogP contribution in [0.25, 0.3) is 22.3 Å². The van der Waals surface area contributed by atoms with Gasteiger partial charge in [-0.3, -0.25) is 0 Å². The highest BCUT2D eigenvalue weighted by molar-refractivity contribution is 9.10. The van der Waals surface area contributed by atoms with Crippen LogP contribution >= 0.6 is 39.1 Å². The van der Waals surface area contributed by atoms with E-state index in [1.54, 1.807) is 0 Å². The maximum Gasteiger partial charge on any atom is 0.161 e. The fourth-order valence-electron chi connectivity index (χ4n) is 2.04. The van der Waals surface area contributed by atoms with Crippen molar-refractivity contribution in [3.8, 4) is 11.4 Å². The molecule has 0 aliphatic rings. The largest absolute Gasteiger partial charge is 0.227 e. The monoisotopic (exact) mass is 366 g/mol. The van der Waals surface area contributed by atoms with Gasteiger partial charge in [0.25, 0.3) is 0 Å². The molecule has 100 valence electrons. The van der Waals surface area contributed by atoms with E-state index in [2.05, 4.69) is 25.9 Å². The molecule has 0 amide bonds. The molecule has 3 rings (SSSR count). The summed E-state index contributed by atoms with van der Waals surface area (Å²) in [6, 6.07) is 11.4. The predicted molar refractivity (Wildman–Crippen MR) is 87.4 cm³/mol. The van der Waals surface area contributed by atoms with Crippen LogP contribution in [0.3, 0.4) is 0 Å². The van der Waals surface area contributed by atoms with E-state index >= 15 is 0 Å². The van der Waals surface area contributed by atoms with Gasteiger partial charge in [0.1, 0.15) is 5.15 Å². The summed E-state index contributed by atoms with van der Waals surface area (Å²) in [7, 11) is 0. The lowest BCUT2D eigenvalue weighted by Gasteiger charge is -2.08. The van der Waals surface area contributed by atoms with Crippen molar-refractivity contribution in [2.75, 3.05) is 0 Å². The second kappa shape index (κ2) is 5.32. The highest BCUT2D eigenvalue weighted by Gasteiger charge is 2.12. The van der Waals surface area contributed by atoms with Gasteiger partial charge in [-0.2, -0.15) is 0 Å². The van der Waals surface area contributed by atoms with Crippen molar-refractivity contribution in [1.82, 2.24) is 9.97 Å². The van der Waals surface area contributed by atoms with E-state index in [1.807, 2.05) is 43.3 Å². The maximum atomic E-state index is 6.27. The molecular formula is C15H9BrCl2N2. The van der Waals surface area contributed by atoms with Gasteiger partial charge in [0.15, 0.2) is 5.82 Å². The summed E-state index contributed by atoms with van der Waals surface area (Å²) in [6.07, 6.45) is 0. The molecule has 5 heteroatoms. The van der Waals surface area contributed by atoms with E-state index in [9.17, 15) is 0 Å². The molecule has 0 saturated heterocycles. The van der Waals surface area contributed by atoms with Crippen molar-refractivity contribution in [2.45, 2.75) is 6.92 Å². The van der Waals surface area contributed by atoms with Gasteiger partial charge < -0.3 is 0 Å². The third kappa shape index (κ3) is 2.41. The number of rotatable bonds is 1. The molecule has 0 bridgehead atoms. The minimum Gasteiger partial charge on any atom is -0.227 e. The Morgan fingerprint density at radius 2 is 1.85 bits per heavy atom. The zero-order chi connectivity index (χ0) is 14.3. The van der Waals surface area contributed by atoms with E-state index < -0.39 is 0 Å². The third-order valence-corrected chi connectivity index (χ3v) is 4.23. The summed E-state index contributed by atoms with van der Waals surface area (Å²) in [4.78, 5) is 9.00. The summed E-state index contributed by atoms with van der Waals surface area (Å²) in [5.41, 5.74) is 2.73. The Balaban J connectivity index is 2.32. The lowest BCUT2D eigenvalue weighted by atomic mass is 10.1. The highest BCUT2D eigenvalue weighted by Crippen LogP contribution is 2.31. The van der Waals surface area contributed by atoms with Crippen LogP contribution in [0.4, 0.5) is 0 Å². The molecule has 20 heavy (non-hydrogen) atoms. The first kappa shape index (κ1) is 13.8. The Kier molecular flexibility index (Phi) is 3.67. The molecule has 1 aromatic heterocycles. The molecule has 0 aliphatic heterocycles. The van der Waals surface area contributed by atoms with Crippen molar-refractivity contribution in [2.24, 2.45) is 0 Å². The average Bonchev–Trinajstić information content (AvgIpc) is 2.42. The van der Waals surface area contributed by atoms with Crippen LogP contribution in [-0.4, -0.2) is 9.97 Å². The van der Waals surface area contributed by atoms with Crippen LogP contribution in [0, 0.1) is 6.92 Å². The van der Waals surface area contributed by atoms with Gasteiger partial charge in [0, 0.05) is 20.4 Å². The first-order chi connectivity index (χ1) is 9.56. The number of fused-ring (bicyclic) bond motifs is 1. The van der Waals surface area contributed by atoms with E-state index in [0.717, 1.165) is 26.5 Å². The number of halogens is 3. The molecule has 0 aliphatic carbocycles. The van der Waals surface area contributed by atoms with Crippen molar-refractivity contribution in [1.29, 1.82) is 0 Å². The number of benzene rings is 2. The number of aromatic nitrogens is 2. The van der Waals surface area contributed by atoms with Gasteiger partial charge in [0.2, 0.25) is 0 Å². The van der Waals surface area contributed by atoms with Gasteiger partial charge in [-0.25, -0.2) is 9.97 Å². The first-order valence-electron chi connectivity index (χ1n) is 5.94. The van der Waals surface area contributed by atoms with E-state index in [1.165, 1.54) is 0 Å². The molecular weight excluding hydrogens is 359 g/mol. The van der Waals surface area contributed by atoms with Gasteiger partial charge in [0.05, 0.1) is 5.52 Å². The van der Waals surface area contributed by atoms with Crippen LogP contribution in [0.1, 0.15) is 5.56 Å². The van der Waals surface area contributed by atoms with Crippen LogP contribution in [0.5, 0.6) is 0 Å². The molecule has 2 nitrogen and oxygen atoms in total. The van der Waals surface area contributed by atoms with Gasteiger partial charge in [-0.15, -0.1) is 0 Å². The number of hydrogen-bond acceptors (Lipinski definition) is 2. The summed E-state index contributed by atoms with van der Waals surface area (Å²) < 4.78 is 0.889. The maximum absolute atomic E-state index is 6.27.